The highest BCUT2D eigenvalue weighted by Gasteiger charge is 2.45. The molecule has 1 aromatic carbocycles. The van der Waals surface area contributed by atoms with Crippen molar-refractivity contribution in [1.82, 2.24) is 30.5 Å². The SMILES string of the molecule is C1CCNC1.CC.CC1C(O)C(O)O[C@@H]1C.COC1CCCNC(C)C2C(COC(=O)C(C)C(=O)CC1)OC(=O)N2CCCCn1cc(-c2cccc(NC(=O)OC(C)(C)C)c2)nn1. The summed E-state index contributed by atoms with van der Waals surface area (Å²) in [7, 11) is 1.63. The Bertz CT molecular complexity index is 1700. The van der Waals surface area contributed by atoms with E-state index in [-0.39, 0.29) is 49.0 Å². The molecule has 9 atom stereocenters. The minimum atomic E-state index is -0.977. The van der Waals surface area contributed by atoms with E-state index in [9.17, 15) is 19.2 Å². The summed E-state index contributed by atoms with van der Waals surface area (Å²) >= 11 is 0. The van der Waals surface area contributed by atoms with E-state index in [4.69, 9.17) is 33.9 Å². The number of cyclic esters (lactones) is 1. The van der Waals surface area contributed by atoms with Crippen LogP contribution in [0.1, 0.15) is 114 Å². The third-order valence-corrected chi connectivity index (χ3v) is 11.4. The van der Waals surface area contributed by atoms with E-state index in [1.807, 2.05) is 59.0 Å². The number of unbranched alkanes of at least 4 members (excludes halogenated alkanes) is 1. The first-order valence-corrected chi connectivity index (χ1v) is 23.1. The van der Waals surface area contributed by atoms with Crippen LogP contribution in [0.5, 0.6) is 0 Å². The van der Waals surface area contributed by atoms with Crippen molar-refractivity contribution in [1.29, 1.82) is 0 Å². The highest BCUT2D eigenvalue weighted by Crippen LogP contribution is 2.26. The monoisotopic (exact) mass is 904 g/mol. The number of anilines is 1. The number of esters is 1. The first-order valence-electron chi connectivity index (χ1n) is 23.1. The molecule has 5 N–H and O–H groups in total. The topological polar surface area (TPSA) is 225 Å². The number of amides is 2. The maximum atomic E-state index is 13.0. The molecule has 4 aliphatic rings. The Morgan fingerprint density at radius 2 is 1.69 bits per heavy atom. The van der Waals surface area contributed by atoms with Crippen LogP contribution >= 0.6 is 0 Å². The number of ketones is 1. The molecule has 8 unspecified atom stereocenters. The largest absolute Gasteiger partial charge is 0.461 e. The number of benzene rings is 1. The third kappa shape index (κ3) is 17.6. The van der Waals surface area contributed by atoms with Crippen molar-refractivity contribution in [3.05, 3.63) is 30.5 Å². The van der Waals surface area contributed by atoms with E-state index >= 15 is 0 Å². The van der Waals surface area contributed by atoms with Crippen molar-refractivity contribution in [3.8, 4) is 11.3 Å². The fraction of sp³-hybridized carbons (Fsp3) is 0.739. The molecule has 2 aromatic rings. The highest BCUT2D eigenvalue weighted by atomic mass is 16.6. The first kappa shape index (κ1) is 54.1. The van der Waals surface area contributed by atoms with Crippen LogP contribution in [0.3, 0.4) is 0 Å². The first-order chi connectivity index (χ1) is 30.5. The van der Waals surface area contributed by atoms with Crippen LogP contribution in [-0.4, -0.2) is 142 Å². The van der Waals surface area contributed by atoms with Crippen molar-refractivity contribution in [2.75, 3.05) is 45.2 Å². The van der Waals surface area contributed by atoms with Crippen LogP contribution in [0.2, 0.25) is 0 Å². The summed E-state index contributed by atoms with van der Waals surface area (Å²) in [5, 5.41) is 36.0. The number of methoxy groups -OCH3 is 1. The summed E-state index contributed by atoms with van der Waals surface area (Å²) in [5.41, 5.74) is 1.43. The number of aromatic nitrogens is 3. The van der Waals surface area contributed by atoms with Gasteiger partial charge in [-0.2, -0.15) is 0 Å². The van der Waals surface area contributed by atoms with E-state index in [1.165, 1.54) is 25.9 Å². The number of aliphatic hydroxyl groups is 2. The molecule has 1 aromatic heterocycles. The summed E-state index contributed by atoms with van der Waals surface area (Å²) in [6, 6.07) is 6.80. The van der Waals surface area contributed by atoms with Gasteiger partial charge in [0.1, 0.15) is 35.7 Å². The third-order valence-electron chi connectivity index (χ3n) is 11.4. The number of carbonyl (C=O) groups is 4. The number of hydrogen-bond acceptors (Lipinski definition) is 15. The Labute approximate surface area is 379 Å². The maximum Gasteiger partial charge on any atom is 0.412 e. The van der Waals surface area contributed by atoms with Gasteiger partial charge in [0.2, 0.25) is 0 Å². The van der Waals surface area contributed by atoms with Crippen LogP contribution in [0.15, 0.2) is 30.5 Å². The molecule has 2 amide bonds. The van der Waals surface area contributed by atoms with Crippen molar-refractivity contribution in [2.24, 2.45) is 11.8 Å². The molecule has 6 rings (SSSR count). The molecular formula is C46H77N7O11. The zero-order chi connectivity index (χ0) is 47.4. The second-order valence-corrected chi connectivity index (χ2v) is 17.5. The smallest absolute Gasteiger partial charge is 0.412 e. The summed E-state index contributed by atoms with van der Waals surface area (Å²) in [6.07, 6.45) is 4.96. The van der Waals surface area contributed by atoms with Gasteiger partial charge in [0, 0.05) is 49.8 Å². The number of rotatable bonds is 8. The van der Waals surface area contributed by atoms with Crippen LogP contribution in [0, 0.1) is 11.8 Å². The van der Waals surface area contributed by atoms with Crippen LogP contribution in [0.25, 0.3) is 11.3 Å². The summed E-state index contributed by atoms with van der Waals surface area (Å²) < 4.78 is 28.8. The van der Waals surface area contributed by atoms with E-state index in [2.05, 4.69) is 26.3 Å². The van der Waals surface area contributed by atoms with Crippen LogP contribution in [-0.2, 0) is 39.8 Å². The van der Waals surface area contributed by atoms with Crippen molar-refractivity contribution < 1.29 is 53.1 Å². The van der Waals surface area contributed by atoms with Crippen molar-refractivity contribution in [2.45, 2.75) is 169 Å². The molecule has 4 fully saturated rings. The summed E-state index contributed by atoms with van der Waals surface area (Å²) in [6.45, 7) is 20.8. The quantitative estimate of drug-likeness (QED) is 0.0928. The normalized spacial score (nSPS) is 27.7. The molecule has 64 heavy (non-hydrogen) atoms. The van der Waals surface area contributed by atoms with Crippen LogP contribution < -0.4 is 16.0 Å². The molecule has 0 spiro atoms. The Balaban J connectivity index is 0.000000570. The zero-order valence-electron chi connectivity index (χ0n) is 39.8. The van der Waals surface area contributed by atoms with Gasteiger partial charge < -0.3 is 44.5 Å². The lowest BCUT2D eigenvalue weighted by Gasteiger charge is -2.30. The highest BCUT2D eigenvalue weighted by molar-refractivity contribution is 5.98. The van der Waals surface area contributed by atoms with E-state index in [1.54, 1.807) is 50.5 Å². The van der Waals surface area contributed by atoms with Gasteiger partial charge in [-0.3, -0.25) is 24.5 Å². The van der Waals surface area contributed by atoms with Crippen molar-refractivity contribution in [3.63, 3.8) is 0 Å². The lowest BCUT2D eigenvalue weighted by atomic mass is 9.99. The molecule has 0 saturated carbocycles. The van der Waals surface area contributed by atoms with Gasteiger partial charge in [-0.15, -0.1) is 5.10 Å². The average molecular weight is 904 g/mol. The second kappa shape index (κ2) is 27.3. The van der Waals surface area contributed by atoms with Gasteiger partial charge in [-0.1, -0.05) is 38.1 Å². The zero-order valence-corrected chi connectivity index (χ0v) is 39.8. The van der Waals surface area contributed by atoms with Gasteiger partial charge >= 0.3 is 18.2 Å². The molecule has 4 aliphatic heterocycles. The fourth-order valence-electron chi connectivity index (χ4n) is 7.52. The standard InChI is InChI=1S/C34H50N6O8.C6H12O3.C4H9N.C2H6/c1-22-28(41)15-14-26(45-6)13-10-16-35-23(2)30-29(21-46-31(22)42)47-33(44)40(30)18-8-7-17-39-20-27(37-38-39)24-11-9-12-25(19-24)36-32(43)48-34(3,4)5;1-3-4(2)9-6(8)5(3)7;1-2-4-5-3-1;1-2/h9,11-12,19-20,22-23,26,29-30,35H,7-8,10,13-18,21H2,1-6H3,(H,36,43);3-8H,1-2H3;5H,1-4H2;1-2H3/t;3?,4-,5?,6?;;/m.1../s1. The van der Waals surface area contributed by atoms with Gasteiger partial charge in [0.25, 0.3) is 0 Å². The number of Topliss-reactive ketones (excluding diaryl/α,β-unsaturated/α-hetero) is 1. The summed E-state index contributed by atoms with van der Waals surface area (Å²) in [5.74, 6) is -1.66. The number of aliphatic hydroxyl groups excluding tert-OH is 2. The number of hydrogen-bond donors (Lipinski definition) is 5. The predicted molar refractivity (Wildman–Crippen MR) is 242 cm³/mol. The number of aryl methyl sites for hydroxylation is 1. The number of nitrogens with one attached hydrogen (secondary N) is 3. The van der Waals surface area contributed by atoms with Gasteiger partial charge in [0.15, 0.2) is 12.4 Å². The predicted octanol–water partition coefficient (Wildman–Crippen LogP) is 5.69. The van der Waals surface area contributed by atoms with Crippen molar-refractivity contribution >= 4 is 29.6 Å². The molecular weight excluding hydrogens is 827 g/mol. The van der Waals surface area contributed by atoms with Gasteiger partial charge in [-0.25, -0.2) is 9.59 Å². The molecule has 5 heterocycles. The van der Waals surface area contributed by atoms with E-state index in [0.29, 0.717) is 43.9 Å². The Morgan fingerprint density at radius 3 is 2.28 bits per heavy atom. The molecule has 18 nitrogen and oxygen atoms in total. The minimum Gasteiger partial charge on any atom is -0.461 e. The number of nitrogens with zero attached hydrogens (tertiary/aromatic N) is 4. The molecule has 18 heteroatoms. The number of ether oxygens (including phenoxy) is 5. The Morgan fingerprint density at radius 1 is 0.984 bits per heavy atom. The Hall–Kier alpha value is -4.20. The van der Waals surface area contributed by atoms with Crippen LogP contribution in [0.4, 0.5) is 15.3 Å². The van der Waals surface area contributed by atoms with E-state index in [0.717, 1.165) is 24.8 Å². The van der Waals surface area contributed by atoms with E-state index < -0.39 is 48.2 Å². The number of fused-ring (bicyclic) bond motifs is 1. The lowest BCUT2D eigenvalue weighted by Crippen LogP contribution is -2.52. The second-order valence-electron chi connectivity index (χ2n) is 17.5. The average Bonchev–Trinajstić information content (AvgIpc) is 4.09. The maximum absolute atomic E-state index is 13.0. The molecule has 362 valence electrons. The lowest BCUT2D eigenvalue weighted by molar-refractivity contribution is -0.154. The molecule has 0 aliphatic carbocycles. The minimum absolute atomic E-state index is 0.0324. The number of carbonyl (C=O) groups excluding carboxylic acids is 4. The summed E-state index contributed by atoms with van der Waals surface area (Å²) in [4.78, 5) is 52.3. The van der Waals surface area contributed by atoms with Gasteiger partial charge in [-0.05, 0) is 118 Å². The van der Waals surface area contributed by atoms with Gasteiger partial charge in [0.05, 0.1) is 24.4 Å². The fourth-order valence-corrected chi connectivity index (χ4v) is 7.52. The Kier molecular flexibility index (Phi) is 23.1. The molecule has 0 radical (unpaired) electrons. The molecule has 0 bridgehead atoms. The molecule has 4 saturated heterocycles.